The highest BCUT2D eigenvalue weighted by atomic mass is 35.5. The zero-order valence-corrected chi connectivity index (χ0v) is 12.5. The Morgan fingerprint density at radius 2 is 1.67 bits per heavy atom. The third-order valence-electron chi connectivity index (χ3n) is 3.53. The summed E-state index contributed by atoms with van der Waals surface area (Å²) in [5, 5.41) is 7.72. The van der Waals surface area contributed by atoms with Crippen LogP contribution in [0.5, 0.6) is 0 Å². The van der Waals surface area contributed by atoms with Gasteiger partial charge in [0.25, 0.3) is 0 Å². The number of rotatable bonds is 2. The van der Waals surface area contributed by atoms with Gasteiger partial charge in [-0.25, -0.2) is 0 Å². The number of guanidine groups is 1. The molecule has 0 unspecified atom stereocenters. The lowest BCUT2D eigenvalue weighted by atomic mass is 10.0. The summed E-state index contributed by atoms with van der Waals surface area (Å²) in [4.78, 5) is 0. The van der Waals surface area contributed by atoms with Crippen molar-refractivity contribution in [2.75, 3.05) is 0 Å². The molecule has 0 saturated carbocycles. The monoisotopic (exact) mass is 300 g/mol. The van der Waals surface area contributed by atoms with Crippen LogP contribution in [0.3, 0.4) is 0 Å². The summed E-state index contributed by atoms with van der Waals surface area (Å²) in [5.74, 6) is -0.0297. The van der Waals surface area contributed by atoms with Crippen molar-refractivity contribution >= 4 is 24.1 Å². The van der Waals surface area contributed by atoms with Crippen LogP contribution in [0, 0.1) is 0 Å². The van der Waals surface area contributed by atoms with E-state index in [4.69, 9.17) is 11.5 Å². The van der Waals surface area contributed by atoms with Gasteiger partial charge in [0.1, 0.15) is 0 Å². The van der Waals surface area contributed by atoms with E-state index in [1.54, 1.807) is 0 Å². The summed E-state index contributed by atoms with van der Waals surface area (Å²) in [6.45, 7) is 1.90. The molecule has 0 heterocycles. The Bertz CT molecular complexity index is 731. The largest absolute Gasteiger partial charge is 0.369 e. The van der Waals surface area contributed by atoms with Gasteiger partial charge in [0.2, 0.25) is 5.96 Å². The fourth-order valence-corrected chi connectivity index (χ4v) is 2.56. The Labute approximate surface area is 130 Å². The van der Waals surface area contributed by atoms with E-state index < -0.39 is 0 Å². The van der Waals surface area contributed by atoms with E-state index in [-0.39, 0.29) is 18.4 Å². The van der Waals surface area contributed by atoms with E-state index in [1.807, 2.05) is 6.92 Å². The number of benzene rings is 2. The molecule has 21 heavy (non-hydrogen) atoms. The fourth-order valence-electron chi connectivity index (χ4n) is 2.56. The van der Waals surface area contributed by atoms with Gasteiger partial charge in [-0.05, 0) is 47.2 Å². The minimum absolute atomic E-state index is 0. The van der Waals surface area contributed by atoms with Crippen LogP contribution in [0.4, 0.5) is 0 Å². The molecule has 3 rings (SSSR count). The van der Waals surface area contributed by atoms with Crippen LogP contribution >= 0.6 is 12.4 Å². The first kappa shape index (κ1) is 15.1. The number of nitrogens with zero attached hydrogens (tertiary/aromatic N) is 2. The van der Waals surface area contributed by atoms with Crippen molar-refractivity contribution in [3.05, 3.63) is 59.2 Å². The molecule has 0 spiro atoms. The Balaban J connectivity index is 0.00000161. The van der Waals surface area contributed by atoms with Gasteiger partial charge in [-0.1, -0.05) is 36.4 Å². The molecule has 0 atom stereocenters. The molecule has 2 aromatic carbocycles. The van der Waals surface area contributed by atoms with E-state index in [9.17, 15) is 0 Å². The van der Waals surface area contributed by atoms with Crippen LogP contribution in [0.25, 0.3) is 11.1 Å². The van der Waals surface area contributed by atoms with Crippen molar-refractivity contribution < 1.29 is 0 Å². The minimum atomic E-state index is -0.0297. The molecular formula is C16H17ClN4. The topological polar surface area (TPSA) is 76.8 Å². The second kappa shape index (κ2) is 5.97. The third kappa shape index (κ3) is 2.90. The van der Waals surface area contributed by atoms with Gasteiger partial charge >= 0.3 is 0 Å². The highest BCUT2D eigenvalue weighted by molar-refractivity contribution is 6.00. The molecule has 108 valence electrons. The van der Waals surface area contributed by atoms with Crippen LogP contribution in [0.15, 0.2) is 52.7 Å². The number of hydrogen-bond acceptors (Lipinski definition) is 2. The molecule has 0 aliphatic heterocycles. The first-order chi connectivity index (χ1) is 9.65. The number of hydrogen-bond donors (Lipinski definition) is 2. The van der Waals surface area contributed by atoms with Gasteiger partial charge in [-0.3, -0.25) is 0 Å². The Kier molecular flexibility index (Phi) is 4.29. The second-order valence-corrected chi connectivity index (χ2v) is 4.92. The van der Waals surface area contributed by atoms with E-state index in [2.05, 4.69) is 52.7 Å². The van der Waals surface area contributed by atoms with Crippen molar-refractivity contribution in [1.29, 1.82) is 0 Å². The van der Waals surface area contributed by atoms with Crippen LogP contribution in [0.2, 0.25) is 0 Å². The van der Waals surface area contributed by atoms with E-state index in [0.29, 0.717) is 0 Å². The van der Waals surface area contributed by atoms with Gasteiger partial charge < -0.3 is 11.5 Å². The van der Waals surface area contributed by atoms with Gasteiger partial charge in [-0.2, -0.15) is 5.10 Å². The summed E-state index contributed by atoms with van der Waals surface area (Å²) in [5.41, 5.74) is 17.7. The summed E-state index contributed by atoms with van der Waals surface area (Å²) in [6.07, 6.45) is 0.967. The van der Waals surface area contributed by atoms with E-state index >= 15 is 0 Å². The van der Waals surface area contributed by atoms with Gasteiger partial charge in [0, 0.05) is 0 Å². The summed E-state index contributed by atoms with van der Waals surface area (Å²) >= 11 is 0. The van der Waals surface area contributed by atoms with Crippen molar-refractivity contribution in [3.63, 3.8) is 0 Å². The fraction of sp³-hybridized carbons (Fsp3) is 0.125. The smallest absolute Gasteiger partial charge is 0.211 e. The Hall–Kier alpha value is -2.33. The first-order valence-corrected chi connectivity index (χ1v) is 6.50. The zero-order valence-electron chi connectivity index (χ0n) is 11.7. The maximum atomic E-state index is 5.29. The van der Waals surface area contributed by atoms with Crippen LogP contribution < -0.4 is 11.5 Å². The van der Waals surface area contributed by atoms with Crippen LogP contribution in [-0.2, 0) is 6.42 Å². The number of nitrogens with two attached hydrogens (primary N) is 2. The van der Waals surface area contributed by atoms with Crippen molar-refractivity contribution in [2.24, 2.45) is 21.7 Å². The van der Waals surface area contributed by atoms with Crippen molar-refractivity contribution in [2.45, 2.75) is 13.3 Å². The maximum Gasteiger partial charge on any atom is 0.211 e. The number of fused-ring (bicyclic) bond motifs is 3. The normalized spacial score (nSPS) is 12.1. The predicted octanol–water partition coefficient (Wildman–Crippen LogP) is 2.68. The molecule has 1 aliphatic carbocycles. The Morgan fingerprint density at radius 3 is 2.43 bits per heavy atom. The lowest BCUT2D eigenvalue weighted by molar-refractivity contribution is 1.19. The van der Waals surface area contributed by atoms with E-state index in [0.717, 1.165) is 17.7 Å². The van der Waals surface area contributed by atoms with Crippen molar-refractivity contribution in [1.82, 2.24) is 0 Å². The van der Waals surface area contributed by atoms with Crippen LogP contribution in [-0.4, -0.2) is 11.7 Å². The SMILES string of the molecule is C/C(=N\N=C(N)N)c1ccc2c(c1)Cc1ccccc1-2.Cl. The lowest BCUT2D eigenvalue weighted by Gasteiger charge is -2.04. The van der Waals surface area contributed by atoms with Gasteiger partial charge in [-0.15, -0.1) is 17.5 Å². The molecule has 4 N–H and O–H groups in total. The Morgan fingerprint density at radius 1 is 0.952 bits per heavy atom. The molecule has 0 saturated heterocycles. The van der Waals surface area contributed by atoms with Gasteiger partial charge in [0.05, 0.1) is 5.71 Å². The molecule has 4 nitrogen and oxygen atoms in total. The predicted molar refractivity (Wildman–Crippen MR) is 90.0 cm³/mol. The molecule has 0 radical (unpaired) electrons. The van der Waals surface area contributed by atoms with Crippen LogP contribution in [0.1, 0.15) is 23.6 Å². The maximum absolute atomic E-state index is 5.29. The second-order valence-electron chi connectivity index (χ2n) is 4.92. The van der Waals surface area contributed by atoms with E-state index in [1.165, 1.54) is 22.3 Å². The quantitative estimate of drug-likeness (QED) is 0.434. The minimum Gasteiger partial charge on any atom is -0.369 e. The van der Waals surface area contributed by atoms with Crippen molar-refractivity contribution in [3.8, 4) is 11.1 Å². The molecule has 1 aliphatic rings. The summed E-state index contributed by atoms with van der Waals surface area (Å²) in [7, 11) is 0. The summed E-state index contributed by atoms with van der Waals surface area (Å²) in [6, 6.07) is 14.9. The standard InChI is InChI=1S/C16H16N4.ClH/c1-10(19-20-16(17)18)11-6-7-15-13(8-11)9-12-4-2-3-5-14(12)15;/h2-8H,9H2,1H3,(H4,17,18,20);1H/b19-10+;. The molecular weight excluding hydrogens is 284 g/mol. The highest BCUT2D eigenvalue weighted by Gasteiger charge is 2.18. The number of halogens is 1. The lowest BCUT2D eigenvalue weighted by Crippen LogP contribution is -2.22. The van der Waals surface area contributed by atoms with Gasteiger partial charge in [0.15, 0.2) is 0 Å². The molecule has 2 aromatic rings. The molecule has 0 aromatic heterocycles. The average molecular weight is 301 g/mol. The molecule has 5 heteroatoms. The average Bonchev–Trinajstić information content (AvgIpc) is 2.82. The summed E-state index contributed by atoms with van der Waals surface area (Å²) < 4.78 is 0. The highest BCUT2D eigenvalue weighted by Crippen LogP contribution is 2.36. The zero-order chi connectivity index (χ0) is 14.1. The first-order valence-electron chi connectivity index (χ1n) is 6.50. The molecule has 0 amide bonds. The molecule has 0 bridgehead atoms. The molecule has 0 fully saturated rings. The third-order valence-corrected chi connectivity index (χ3v) is 3.53.